The number of anilines is 2. The number of piperidine rings is 1. The van der Waals surface area contributed by atoms with Gasteiger partial charge in [-0.2, -0.15) is 0 Å². The van der Waals surface area contributed by atoms with Crippen LogP contribution in [0.15, 0.2) is 16.9 Å². The Balaban J connectivity index is 2.03. The van der Waals surface area contributed by atoms with Crippen molar-refractivity contribution in [1.29, 1.82) is 0 Å². The number of nitrogens with one attached hydrogen (secondary N) is 2. The Hall–Kier alpha value is -1.64. The maximum Gasteiger partial charge on any atom is 0.250 e. The summed E-state index contributed by atoms with van der Waals surface area (Å²) in [6.07, 6.45) is 5.61. The summed E-state index contributed by atoms with van der Waals surface area (Å²) in [7, 11) is 1.49. The van der Waals surface area contributed by atoms with Crippen molar-refractivity contribution in [3.8, 4) is 0 Å². The number of amides is 1. The maximum atomic E-state index is 11.9. The number of ether oxygens (including phenoxy) is 1. The van der Waals surface area contributed by atoms with Crippen LogP contribution < -0.4 is 16.0 Å². The van der Waals surface area contributed by atoms with Crippen molar-refractivity contribution < 1.29 is 9.53 Å². The highest BCUT2D eigenvalue weighted by atomic mass is 79.9. The van der Waals surface area contributed by atoms with Gasteiger partial charge in [0.1, 0.15) is 12.3 Å². The molecule has 7 nitrogen and oxygen atoms in total. The number of aromatic nitrogens is 2. The lowest BCUT2D eigenvalue weighted by molar-refractivity contribution is -0.119. The minimum absolute atomic E-state index is 0.0119. The number of carbonyl (C=O) groups is 1. The number of pyridine rings is 1. The summed E-state index contributed by atoms with van der Waals surface area (Å²) in [5, 5.41) is 3.76. The number of H-pyrrole nitrogens is 1. The second kappa shape index (κ2) is 6.86. The predicted molar refractivity (Wildman–Crippen MR) is 93.7 cm³/mol. The maximum absolute atomic E-state index is 11.9. The first-order valence-electron chi connectivity index (χ1n) is 7.55. The predicted octanol–water partition coefficient (Wildman–Crippen LogP) is 1.84. The second-order valence-corrected chi connectivity index (χ2v) is 6.56. The fourth-order valence-electron chi connectivity index (χ4n) is 2.99. The number of hydrogen-bond acceptors (Lipinski definition) is 5. The van der Waals surface area contributed by atoms with Crippen LogP contribution in [0.3, 0.4) is 0 Å². The van der Waals surface area contributed by atoms with Crippen molar-refractivity contribution in [1.82, 2.24) is 9.97 Å². The number of fused-ring (bicyclic) bond motifs is 1. The molecule has 0 unspecified atom stereocenters. The molecule has 8 heteroatoms. The highest BCUT2D eigenvalue weighted by Gasteiger charge is 2.23. The third-order valence-electron chi connectivity index (χ3n) is 3.95. The van der Waals surface area contributed by atoms with Crippen LogP contribution in [0.5, 0.6) is 0 Å². The van der Waals surface area contributed by atoms with E-state index in [1.807, 2.05) is 0 Å². The topological polar surface area (TPSA) is 96.3 Å². The quantitative estimate of drug-likeness (QED) is 0.750. The number of methoxy groups -OCH3 is 1. The number of nitrogens with zero attached hydrogens (tertiary/aromatic N) is 2. The second-order valence-electron chi connectivity index (χ2n) is 5.71. The van der Waals surface area contributed by atoms with Crippen LogP contribution in [-0.2, 0) is 9.53 Å². The molecule has 4 N–H and O–H groups in total. The Morgan fingerprint density at radius 1 is 1.65 bits per heavy atom. The van der Waals surface area contributed by atoms with E-state index in [-0.39, 0.29) is 18.6 Å². The molecule has 1 amide bonds. The van der Waals surface area contributed by atoms with Crippen molar-refractivity contribution in [2.75, 3.05) is 37.0 Å². The summed E-state index contributed by atoms with van der Waals surface area (Å²) in [6, 6.07) is 0.157. The van der Waals surface area contributed by atoms with Crippen LogP contribution in [0.2, 0.25) is 0 Å². The van der Waals surface area contributed by atoms with Gasteiger partial charge in [-0.15, -0.1) is 0 Å². The van der Waals surface area contributed by atoms with Gasteiger partial charge in [0.05, 0.1) is 21.2 Å². The number of nitrogens with two attached hydrogens (primary N) is 1. The summed E-state index contributed by atoms with van der Waals surface area (Å²) in [5.41, 5.74) is 8.57. The zero-order valence-electron chi connectivity index (χ0n) is 12.9. The summed E-state index contributed by atoms with van der Waals surface area (Å²) in [4.78, 5) is 21.6. The summed E-state index contributed by atoms with van der Waals surface area (Å²) >= 11 is 3.59. The van der Waals surface area contributed by atoms with Crippen molar-refractivity contribution in [3.05, 3.63) is 16.9 Å². The largest absolute Gasteiger partial charge is 0.375 e. The van der Waals surface area contributed by atoms with Gasteiger partial charge in [-0.3, -0.25) is 4.79 Å². The molecule has 1 fully saturated rings. The van der Waals surface area contributed by atoms with Crippen molar-refractivity contribution in [3.63, 3.8) is 0 Å². The first-order valence-corrected chi connectivity index (χ1v) is 8.34. The van der Waals surface area contributed by atoms with E-state index in [0.29, 0.717) is 5.69 Å². The number of hydrogen-bond donors (Lipinski definition) is 3. The van der Waals surface area contributed by atoms with Crippen LogP contribution >= 0.6 is 15.9 Å². The minimum atomic E-state index is -0.199. The molecule has 2 aromatic rings. The summed E-state index contributed by atoms with van der Waals surface area (Å²) < 4.78 is 5.76. The standard InChI is InChI=1S/C15H20BrN5O2/c1-23-8-12(22)20-11-6-19-15-13(11)14(10(16)5-18-15)21-4-2-3-9(17)7-21/h5-6,9H,2-4,7-8,17H2,1H3,(H,18,19)(H,20,22)/t9-/m1/s1. The summed E-state index contributed by atoms with van der Waals surface area (Å²) in [6.45, 7) is 1.73. The van der Waals surface area contributed by atoms with E-state index in [2.05, 4.69) is 36.1 Å². The van der Waals surface area contributed by atoms with E-state index < -0.39 is 0 Å². The molecule has 0 saturated carbocycles. The lowest BCUT2D eigenvalue weighted by Gasteiger charge is -2.33. The molecule has 0 aromatic carbocycles. The first-order chi connectivity index (χ1) is 11.1. The van der Waals surface area contributed by atoms with E-state index in [9.17, 15) is 4.79 Å². The van der Waals surface area contributed by atoms with Gasteiger partial charge in [-0.1, -0.05) is 0 Å². The molecule has 1 aliphatic heterocycles. The van der Waals surface area contributed by atoms with Crippen molar-refractivity contribution in [2.24, 2.45) is 5.73 Å². The molecule has 23 heavy (non-hydrogen) atoms. The normalized spacial score (nSPS) is 18.4. The average Bonchev–Trinajstić information content (AvgIpc) is 2.90. The van der Waals surface area contributed by atoms with Crippen LogP contribution in [-0.4, -0.2) is 48.7 Å². The third kappa shape index (κ3) is 3.34. The van der Waals surface area contributed by atoms with Gasteiger partial charge < -0.3 is 25.7 Å². The molecule has 0 radical (unpaired) electrons. The number of rotatable bonds is 4. The highest BCUT2D eigenvalue weighted by Crippen LogP contribution is 2.38. The Bertz CT molecular complexity index is 717. The number of carbonyl (C=O) groups excluding carboxylic acids is 1. The van der Waals surface area contributed by atoms with Crippen LogP contribution in [0.25, 0.3) is 11.0 Å². The molecule has 1 aliphatic rings. The Morgan fingerprint density at radius 2 is 2.48 bits per heavy atom. The monoisotopic (exact) mass is 381 g/mol. The molecule has 0 aliphatic carbocycles. The lowest BCUT2D eigenvalue weighted by atomic mass is 10.1. The summed E-state index contributed by atoms with van der Waals surface area (Å²) in [5.74, 6) is -0.199. The molecule has 124 valence electrons. The molecular weight excluding hydrogens is 362 g/mol. The van der Waals surface area contributed by atoms with Gasteiger partial charge >= 0.3 is 0 Å². The highest BCUT2D eigenvalue weighted by molar-refractivity contribution is 9.10. The van der Waals surface area contributed by atoms with Gasteiger partial charge in [0, 0.05) is 38.6 Å². The van der Waals surface area contributed by atoms with E-state index >= 15 is 0 Å². The molecule has 2 aromatic heterocycles. The molecule has 1 saturated heterocycles. The van der Waals surface area contributed by atoms with Gasteiger partial charge in [0.15, 0.2) is 0 Å². The SMILES string of the molecule is COCC(=O)Nc1c[nH]c2ncc(Br)c(N3CCC[C@@H](N)C3)c12. The molecular formula is C15H20BrN5O2. The average molecular weight is 382 g/mol. The fourth-order valence-corrected chi connectivity index (χ4v) is 3.55. The Morgan fingerprint density at radius 3 is 3.22 bits per heavy atom. The van der Waals surface area contributed by atoms with Crippen LogP contribution in [0.1, 0.15) is 12.8 Å². The van der Waals surface area contributed by atoms with E-state index in [0.717, 1.165) is 47.1 Å². The van der Waals surface area contributed by atoms with Gasteiger partial charge in [0.2, 0.25) is 5.91 Å². The molecule has 0 bridgehead atoms. The van der Waals surface area contributed by atoms with Crippen LogP contribution in [0, 0.1) is 0 Å². The fraction of sp³-hybridized carbons (Fsp3) is 0.467. The molecule has 3 heterocycles. The zero-order valence-corrected chi connectivity index (χ0v) is 14.5. The van der Waals surface area contributed by atoms with Crippen molar-refractivity contribution >= 4 is 44.2 Å². The van der Waals surface area contributed by atoms with Gasteiger partial charge in [-0.25, -0.2) is 4.98 Å². The zero-order chi connectivity index (χ0) is 16.4. The van der Waals surface area contributed by atoms with Crippen LogP contribution in [0.4, 0.5) is 11.4 Å². The Kier molecular flexibility index (Phi) is 4.84. The smallest absolute Gasteiger partial charge is 0.250 e. The molecule has 1 atom stereocenters. The van der Waals surface area contributed by atoms with E-state index in [1.54, 1.807) is 12.4 Å². The lowest BCUT2D eigenvalue weighted by Crippen LogP contribution is -2.43. The number of aromatic amines is 1. The van der Waals surface area contributed by atoms with Gasteiger partial charge in [0.25, 0.3) is 0 Å². The molecule has 3 rings (SSSR count). The first kappa shape index (κ1) is 16.2. The van der Waals surface area contributed by atoms with Gasteiger partial charge in [-0.05, 0) is 28.8 Å². The minimum Gasteiger partial charge on any atom is -0.375 e. The van der Waals surface area contributed by atoms with Crippen molar-refractivity contribution in [2.45, 2.75) is 18.9 Å². The third-order valence-corrected chi connectivity index (χ3v) is 4.53. The molecule has 0 spiro atoms. The van der Waals surface area contributed by atoms with E-state index in [4.69, 9.17) is 10.5 Å². The Labute approximate surface area is 142 Å². The number of halogens is 1. The van der Waals surface area contributed by atoms with E-state index in [1.165, 1.54) is 7.11 Å².